The first-order valence-electron chi connectivity index (χ1n) is 15.9. The Morgan fingerprint density at radius 2 is 1.96 bits per heavy atom. The molecule has 9 nitrogen and oxygen atoms in total. The number of pyridine rings is 1. The van der Waals surface area contributed by atoms with Crippen LogP contribution in [-0.2, 0) is 6.54 Å². The number of fused-ring (bicyclic) bond motifs is 6. The number of phenolic OH excluding ortho intramolecular Hbond substituents is 1. The second-order valence-corrected chi connectivity index (χ2v) is 13.7. The molecule has 2 saturated heterocycles. The summed E-state index contributed by atoms with van der Waals surface area (Å²) in [5.41, 5.74) is 4.84. The third-order valence-electron chi connectivity index (χ3n) is 10.1. The van der Waals surface area contributed by atoms with Crippen LogP contribution in [0.3, 0.4) is 0 Å². The molecule has 10 heteroatoms. The predicted octanol–water partition coefficient (Wildman–Crippen LogP) is 4.92. The fraction of sp³-hybridized carbons (Fsp3) is 0.400. The molecule has 2 aromatic carbocycles. The lowest BCUT2D eigenvalue weighted by Crippen LogP contribution is -2.63. The molecule has 0 spiro atoms. The van der Waals surface area contributed by atoms with Crippen LogP contribution in [0.2, 0.25) is 5.02 Å². The van der Waals surface area contributed by atoms with Crippen LogP contribution in [-0.4, -0.2) is 62.1 Å². The van der Waals surface area contributed by atoms with Gasteiger partial charge in [0.1, 0.15) is 11.6 Å². The van der Waals surface area contributed by atoms with E-state index < -0.39 is 6.10 Å². The van der Waals surface area contributed by atoms with Crippen molar-refractivity contribution in [1.29, 1.82) is 0 Å². The van der Waals surface area contributed by atoms with Gasteiger partial charge >= 0.3 is 5.69 Å². The van der Waals surface area contributed by atoms with Crippen LogP contribution >= 0.6 is 11.6 Å². The van der Waals surface area contributed by atoms with Crippen LogP contribution in [0.15, 0.2) is 59.5 Å². The fourth-order valence-electron chi connectivity index (χ4n) is 8.20. The highest BCUT2D eigenvalue weighted by molar-refractivity contribution is 6.36. The number of benzene rings is 2. The van der Waals surface area contributed by atoms with Crippen molar-refractivity contribution in [1.82, 2.24) is 19.9 Å². The zero-order chi connectivity index (χ0) is 31.1. The Bertz CT molecular complexity index is 1940. The van der Waals surface area contributed by atoms with Gasteiger partial charge < -0.3 is 25.3 Å². The first kappa shape index (κ1) is 28.5. The number of aliphatic hydroxyl groups excluding tert-OH is 1. The minimum absolute atomic E-state index is 0.0774. The Morgan fingerprint density at radius 3 is 2.78 bits per heavy atom. The minimum Gasteiger partial charge on any atom is -0.508 e. The minimum atomic E-state index is -0.720. The van der Waals surface area contributed by atoms with Crippen molar-refractivity contribution < 1.29 is 10.2 Å². The number of piperazine rings is 1. The number of hydrogen-bond acceptors (Lipinski definition) is 8. The van der Waals surface area contributed by atoms with Crippen molar-refractivity contribution in [2.75, 3.05) is 22.9 Å². The molecule has 2 aromatic heterocycles. The van der Waals surface area contributed by atoms with Crippen molar-refractivity contribution in [2.45, 2.75) is 76.2 Å². The van der Waals surface area contributed by atoms with Crippen LogP contribution in [0.1, 0.15) is 61.0 Å². The van der Waals surface area contributed by atoms with Crippen LogP contribution in [0, 0.1) is 6.92 Å². The number of aromatic hydroxyl groups is 1. The van der Waals surface area contributed by atoms with Gasteiger partial charge in [-0.3, -0.25) is 9.55 Å². The number of anilines is 2. The van der Waals surface area contributed by atoms with Gasteiger partial charge in [0.25, 0.3) is 0 Å². The molecule has 5 atom stereocenters. The van der Waals surface area contributed by atoms with Crippen molar-refractivity contribution >= 4 is 33.9 Å². The van der Waals surface area contributed by atoms with Crippen molar-refractivity contribution in [3.63, 3.8) is 0 Å². The summed E-state index contributed by atoms with van der Waals surface area (Å²) in [6.07, 6.45) is 7.10. The number of aliphatic hydroxyl groups is 1. The number of hydrogen-bond donors (Lipinski definition) is 3. The Balaban J connectivity index is 1.42. The first-order valence-corrected chi connectivity index (χ1v) is 16.2. The Hall–Kier alpha value is -3.92. The van der Waals surface area contributed by atoms with Crippen LogP contribution < -0.4 is 20.8 Å². The quantitative estimate of drug-likeness (QED) is 0.276. The summed E-state index contributed by atoms with van der Waals surface area (Å²) in [7, 11) is 0. The average molecular weight is 625 g/mol. The molecular weight excluding hydrogens is 588 g/mol. The molecule has 4 aliphatic heterocycles. The summed E-state index contributed by atoms with van der Waals surface area (Å²) < 4.78 is 1.78. The van der Waals surface area contributed by atoms with Gasteiger partial charge in [-0.25, -0.2) is 4.79 Å². The van der Waals surface area contributed by atoms with Gasteiger partial charge in [0.15, 0.2) is 0 Å². The molecule has 0 saturated carbocycles. The van der Waals surface area contributed by atoms with E-state index in [0.717, 1.165) is 57.5 Å². The lowest BCUT2D eigenvalue weighted by Gasteiger charge is -2.47. The Kier molecular flexibility index (Phi) is 6.71. The highest BCUT2D eigenvalue weighted by Crippen LogP contribution is 2.45. The lowest BCUT2D eigenvalue weighted by molar-refractivity contribution is 0.154. The largest absolute Gasteiger partial charge is 0.508 e. The molecule has 2 fully saturated rings. The summed E-state index contributed by atoms with van der Waals surface area (Å²) >= 11 is 6.80. The molecule has 232 valence electrons. The molecule has 45 heavy (non-hydrogen) atoms. The molecule has 8 rings (SSSR count). The van der Waals surface area contributed by atoms with Gasteiger partial charge in [-0.2, -0.15) is 4.98 Å². The van der Waals surface area contributed by atoms with E-state index in [0.29, 0.717) is 30.5 Å². The zero-order valence-corrected chi connectivity index (χ0v) is 26.4. The first-order chi connectivity index (χ1) is 21.7. The highest BCUT2D eigenvalue weighted by Gasteiger charge is 2.47. The summed E-state index contributed by atoms with van der Waals surface area (Å²) in [5, 5.41) is 28.3. The standard InChI is InChI=1S/C35H37ClN6O3/c1-18(2)31-32(19(3)11-12-37-31)42-27-17-40(26-14-23(43)13-20-5-4-6-24(36)29(20)26)15-21-7-10-28(44)33-25-9-8-22(38-25)16-41(33)34(30(21)27)39-35(42)45/h4-7,10-14,18,21-22,25,28,33,38,43-44H,8-9,15-17H2,1-3H3/b10-7-. The number of aromatic nitrogens is 3. The number of rotatable bonds is 3. The van der Waals surface area contributed by atoms with Gasteiger partial charge in [0.05, 0.1) is 46.5 Å². The third-order valence-corrected chi connectivity index (χ3v) is 10.4. The predicted molar refractivity (Wildman–Crippen MR) is 177 cm³/mol. The molecule has 6 heterocycles. The SMILES string of the molecule is Cc1ccnc(C(C)C)c1-n1c2c3c(nc1=O)N1CC4CCC(N4)C1C(O)/C=C\C3CN(c1cc(O)cc3cccc(Cl)c13)C2. The van der Waals surface area contributed by atoms with Crippen LogP contribution in [0.25, 0.3) is 16.5 Å². The number of nitrogens with zero attached hydrogens (tertiary/aromatic N) is 5. The summed E-state index contributed by atoms with van der Waals surface area (Å²) in [6, 6.07) is 11.3. The van der Waals surface area contributed by atoms with E-state index in [4.69, 9.17) is 21.6 Å². The van der Waals surface area contributed by atoms with Crippen LogP contribution in [0.4, 0.5) is 11.5 Å². The average Bonchev–Trinajstić information content (AvgIpc) is 3.38. The third kappa shape index (κ3) is 4.47. The van der Waals surface area contributed by atoms with E-state index >= 15 is 0 Å². The number of nitrogens with one attached hydrogen (secondary N) is 1. The second kappa shape index (κ2) is 10.6. The molecule has 5 unspecified atom stereocenters. The normalized spacial score (nSPS) is 26.0. The smallest absolute Gasteiger partial charge is 0.354 e. The van der Waals surface area contributed by atoms with E-state index in [1.165, 1.54) is 0 Å². The molecule has 0 radical (unpaired) electrons. The molecule has 3 N–H and O–H groups in total. The van der Waals surface area contributed by atoms with E-state index in [1.54, 1.807) is 22.9 Å². The number of aryl methyl sites for hydroxylation is 1. The number of phenols is 1. The Morgan fingerprint density at radius 1 is 1.11 bits per heavy atom. The fourth-order valence-corrected chi connectivity index (χ4v) is 8.47. The summed E-state index contributed by atoms with van der Waals surface area (Å²) in [6.45, 7) is 7.82. The second-order valence-electron chi connectivity index (χ2n) is 13.3. The molecule has 2 bridgehead atoms. The van der Waals surface area contributed by atoms with Crippen molar-refractivity contribution in [3.8, 4) is 11.4 Å². The van der Waals surface area contributed by atoms with E-state index in [9.17, 15) is 15.0 Å². The molecule has 0 amide bonds. The maximum Gasteiger partial charge on any atom is 0.354 e. The maximum atomic E-state index is 14.4. The molecule has 4 aliphatic rings. The van der Waals surface area contributed by atoms with E-state index in [2.05, 4.69) is 35.0 Å². The van der Waals surface area contributed by atoms with Gasteiger partial charge in [-0.1, -0.05) is 49.7 Å². The number of halogens is 1. The van der Waals surface area contributed by atoms with Crippen LogP contribution in [0.5, 0.6) is 5.75 Å². The monoisotopic (exact) mass is 624 g/mol. The molecular formula is C35H37ClN6O3. The maximum absolute atomic E-state index is 14.4. The van der Waals surface area contributed by atoms with Gasteiger partial charge in [-0.05, 0) is 54.8 Å². The van der Waals surface area contributed by atoms with Gasteiger partial charge in [0, 0.05) is 54.3 Å². The van der Waals surface area contributed by atoms with Crippen molar-refractivity contribution in [2.24, 2.45) is 0 Å². The zero-order valence-electron chi connectivity index (χ0n) is 25.6. The summed E-state index contributed by atoms with van der Waals surface area (Å²) in [4.78, 5) is 28.5. The van der Waals surface area contributed by atoms with Gasteiger partial charge in [0.2, 0.25) is 0 Å². The molecule has 0 aliphatic carbocycles. The topological polar surface area (TPSA) is 107 Å². The van der Waals surface area contributed by atoms with E-state index in [1.807, 2.05) is 37.3 Å². The van der Waals surface area contributed by atoms with Gasteiger partial charge in [-0.15, -0.1) is 0 Å². The summed E-state index contributed by atoms with van der Waals surface area (Å²) in [5.74, 6) is 0.708. The van der Waals surface area contributed by atoms with E-state index in [-0.39, 0.29) is 41.4 Å². The highest BCUT2D eigenvalue weighted by atomic mass is 35.5. The van der Waals surface area contributed by atoms with Crippen molar-refractivity contribution in [3.05, 3.63) is 92.8 Å². The lowest BCUT2D eigenvalue weighted by atomic mass is 9.86. The Labute approximate surface area is 266 Å². The molecule has 4 aromatic rings.